The predicted molar refractivity (Wildman–Crippen MR) is 145 cm³/mol. The van der Waals surface area contributed by atoms with Gasteiger partial charge in [0.2, 0.25) is 5.95 Å². The highest BCUT2D eigenvalue weighted by Crippen LogP contribution is 2.21. The molecule has 1 aliphatic rings. The van der Waals surface area contributed by atoms with Crippen molar-refractivity contribution >= 4 is 31.2 Å². The number of amides is 1. The van der Waals surface area contributed by atoms with Gasteiger partial charge in [0.05, 0.1) is 5.69 Å². The maximum atomic E-state index is 12.8. The van der Waals surface area contributed by atoms with Gasteiger partial charge in [0.15, 0.2) is 7.98 Å². The van der Waals surface area contributed by atoms with Crippen molar-refractivity contribution < 1.29 is 4.79 Å². The van der Waals surface area contributed by atoms with Crippen LogP contribution in [0.25, 0.3) is 11.3 Å². The second-order valence-electron chi connectivity index (χ2n) is 8.94. The number of pyridine rings is 1. The van der Waals surface area contributed by atoms with Crippen molar-refractivity contribution in [1.29, 1.82) is 0 Å². The lowest BCUT2D eigenvalue weighted by molar-refractivity contribution is 0.102. The fourth-order valence-electron chi connectivity index (χ4n) is 4.13. The highest BCUT2D eigenvalue weighted by molar-refractivity contribution is 6.04. The van der Waals surface area contributed by atoms with Gasteiger partial charge in [0.25, 0.3) is 5.91 Å². The molecule has 0 atom stereocenters. The van der Waals surface area contributed by atoms with Gasteiger partial charge < -0.3 is 15.4 Å². The Morgan fingerprint density at radius 3 is 2.50 bits per heavy atom. The molecule has 1 fully saturated rings. The molecule has 4 aromatic rings. The molecule has 2 aromatic heterocycles. The summed E-state index contributed by atoms with van der Waals surface area (Å²) >= 11 is 0. The molecular weight excluding hydrogens is 449 g/mol. The Balaban J connectivity index is 1.20. The van der Waals surface area contributed by atoms with Crippen molar-refractivity contribution in [3.05, 3.63) is 96.4 Å². The van der Waals surface area contributed by atoms with E-state index in [0.717, 1.165) is 49.7 Å². The smallest absolute Gasteiger partial charge is 0.255 e. The van der Waals surface area contributed by atoms with E-state index in [1.165, 1.54) is 5.56 Å². The van der Waals surface area contributed by atoms with E-state index in [-0.39, 0.29) is 5.91 Å². The molecule has 3 heterocycles. The number of nitrogens with one attached hydrogen (secondary N) is 2. The number of carbonyl (C=O) groups is 1. The van der Waals surface area contributed by atoms with E-state index in [0.29, 0.717) is 17.2 Å². The van der Waals surface area contributed by atoms with Crippen molar-refractivity contribution in [1.82, 2.24) is 24.7 Å². The summed E-state index contributed by atoms with van der Waals surface area (Å²) in [4.78, 5) is 30.7. The molecular formula is C27H28BN7O. The van der Waals surface area contributed by atoms with Crippen LogP contribution in [0, 0.1) is 0 Å². The summed E-state index contributed by atoms with van der Waals surface area (Å²) in [6, 6.07) is 21.0. The van der Waals surface area contributed by atoms with Crippen molar-refractivity contribution in [3.63, 3.8) is 0 Å². The molecule has 0 radical (unpaired) electrons. The molecule has 1 saturated heterocycles. The average Bonchev–Trinajstić information content (AvgIpc) is 2.91. The molecule has 0 bridgehead atoms. The molecule has 1 aliphatic heterocycles. The molecule has 8 nitrogen and oxygen atoms in total. The number of piperazine rings is 1. The van der Waals surface area contributed by atoms with E-state index < -0.39 is 0 Å². The first-order valence-corrected chi connectivity index (χ1v) is 12.0. The van der Waals surface area contributed by atoms with Crippen LogP contribution in [-0.4, -0.2) is 64.7 Å². The van der Waals surface area contributed by atoms with Gasteiger partial charge in [-0.2, -0.15) is 0 Å². The third-order valence-corrected chi connectivity index (χ3v) is 6.21. The third-order valence-electron chi connectivity index (χ3n) is 6.21. The van der Waals surface area contributed by atoms with Crippen LogP contribution >= 0.6 is 0 Å². The second-order valence-corrected chi connectivity index (χ2v) is 8.94. The van der Waals surface area contributed by atoms with Gasteiger partial charge in [0, 0.05) is 60.7 Å². The number of anilines is 3. The fraction of sp³-hybridized carbons (Fsp3) is 0.185. The van der Waals surface area contributed by atoms with Crippen LogP contribution in [0.5, 0.6) is 0 Å². The summed E-state index contributed by atoms with van der Waals surface area (Å²) in [6.07, 6.45) is 5.20. The summed E-state index contributed by atoms with van der Waals surface area (Å²) < 4.78 is 0. The van der Waals surface area contributed by atoms with E-state index in [2.05, 4.69) is 43.3 Å². The summed E-state index contributed by atoms with van der Waals surface area (Å²) in [5.74, 6) is 0.323. The van der Waals surface area contributed by atoms with Gasteiger partial charge in [-0.1, -0.05) is 18.2 Å². The van der Waals surface area contributed by atoms with Gasteiger partial charge in [-0.15, -0.1) is 0 Å². The van der Waals surface area contributed by atoms with Crippen LogP contribution in [0.2, 0.25) is 0 Å². The topological polar surface area (TPSA) is 86.3 Å². The lowest BCUT2D eigenvalue weighted by Gasteiger charge is -2.32. The highest BCUT2D eigenvalue weighted by atomic mass is 16.1. The molecule has 0 spiro atoms. The summed E-state index contributed by atoms with van der Waals surface area (Å²) in [5, 5.41) is 6.20. The van der Waals surface area contributed by atoms with Crippen molar-refractivity contribution in [2.24, 2.45) is 0 Å². The zero-order valence-corrected chi connectivity index (χ0v) is 20.3. The molecule has 1 amide bonds. The molecule has 0 aliphatic carbocycles. The molecule has 180 valence electrons. The van der Waals surface area contributed by atoms with Crippen molar-refractivity contribution in [2.75, 3.05) is 36.8 Å². The van der Waals surface area contributed by atoms with E-state index in [9.17, 15) is 4.79 Å². The Hall–Kier alpha value is -4.08. The summed E-state index contributed by atoms with van der Waals surface area (Å²) in [7, 11) is 2.16. The number of carbonyl (C=O) groups excluding carboxylic acids is 1. The maximum Gasteiger partial charge on any atom is 0.255 e. The number of hydrogen-bond acceptors (Lipinski definition) is 7. The molecule has 9 heteroatoms. The van der Waals surface area contributed by atoms with Crippen LogP contribution in [0.3, 0.4) is 0 Å². The van der Waals surface area contributed by atoms with E-state index in [1.54, 1.807) is 18.6 Å². The molecule has 0 unspecified atom stereocenters. The predicted octanol–water partition coefficient (Wildman–Crippen LogP) is 3.20. The molecule has 2 aromatic carbocycles. The van der Waals surface area contributed by atoms with Gasteiger partial charge in [-0.3, -0.25) is 14.7 Å². The van der Waals surface area contributed by atoms with Gasteiger partial charge in [0.1, 0.15) is 0 Å². The monoisotopic (exact) mass is 477 g/mol. The fourth-order valence-corrected chi connectivity index (χ4v) is 4.13. The number of aromatic nitrogens is 3. The third kappa shape index (κ3) is 6.13. The minimum atomic E-state index is -0.145. The molecule has 36 heavy (non-hydrogen) atoms. The van der Waals surface area contributed by atoms with E-state index >= 15 is 0 Å². The Kier molecular flexibility index (Phi) is 7.30. The number of rotatable bonds is 7. The number of benzene rings is 2. The normalized spacial score (nSPS) is 14.3. The van der Waals surface area contributed by atoms with Crippen LogP contribution in [-0.2, 0) is 6.54 Å². The zero-order chi connectivity index (χ0) is 24.7. The Labute approximate surface area is 211 Å². The van der Waals surface area contributed by atoms with Gasteiger partial charge >= 0.3 is 0 Å². The Morgan fingerprint density at radius 1 is 0.917 bits per heavy atom. The highest BCUT2D eigenvalue weighted by Gasteiger charge is 2.14. The average molecular weight is 477 g/mol. The van der Waals surface area contributed by atoms with Crippen LogP contribution in [0.4, 0.5) is 17.3 Å². The van der Waals surface area contributed by atoms with Crippen LogP contribution in [0.1, 0.15) is 15.9 Å². The van der Waals surface area contributed by atoms with Gasteiger partial charge in [-0.05, 0) is 67.2 Å². The largest absolute Gasteiger partial charge is 0.346 e. The van der Waals surface area contributed by atoms with Gasteiger partial charge in [-0.25, -0.2) is 9.97 Å². The Bertz CT molecular complexity index is 1310. The minimum Gasteiger partial charge on any atom is -0.346 e. The SMILES string of the molecule is BN1CCN(Cc2ccc(C(=O)Nc3cccc(Nc4nccc(-c5cccnc5)n4)c3)cc2)CC1. The van der Waals surface area contributed by atoms with Crippen molar-refractivity contribution in [3.8, 4) is 11.3 Å². The second kappa shape index (κ2) is 11.1. The molecule has 5 rings (SSSR count). The number of hydrogen-bond donors (Lipinski definition) is 2. The maximum absolute atomic E-state index is 12.8. The van der Waals surface area contributed by atoms with E-state index in [1.807, 2.05) is 66.7 Å². The van der Waals surface area contributed by atoms with Crippen molar-refractivity contribution in [2.45, 2.75) is 6.54 Å². The first-order valence-electron chi connectivity index (χ1n) is 12.0. The number of nitrogens with zero attached hydrogens (tertiary/aromatic N) is 5. The van der Waals surface area contributed by atoms with Crippen LogP contribution in [0.15, 0.2) is 85.3 Å². The summed E-state index contributed by atoms with van der Waals surface area (Å²) in [6.45, 7) is 5.24. The quantitative estimate of drug-likeness (QED) is 0.396. The Morgan fingerprint density at radius 2 is 1.72 bits per heavy atom. The van der Waals surface area contributed by atoms with Crippen LogP contribution < -0.4 is 10.6 Å². The zero-order valence-electron chi connectivity index (χ0n) is 20.3. The minimum absolute atomic E-state index is 0.145. The first-order chi connectivity index (χ1) is 17.6. The molecule has 2 N–H and O–H groups in total. The first kappa shape index (κ1) is 23.7. The lowest BCUT2D eigenvalue weighted by atomic mass is 10.1. The standard InChI is InChI=1S/C27H28BN7O/c28-35-15-13-34(14-16-35)19-20-6-8-21(9-7-20)26(36)31-23-4-1-5-24(17-23)32-27-30-12-10-25(33-27)22-3-2-11-29-18-22/h1-12,17-18H,13-16,19,28H2,(H,31,36)(H,30,32,33). The lowest BCUT2D eigenvalue weighted by Crippen LogP contribution is -2.44. The van der Waals surface area contributed by atoms with E-state index in [4.69, 9.17) is 0 Å². The summed E-state index contributed by atoms with van der Waals surface area (Å²) in [5.41, 5.74) is 5.01. The molecule has 0 saturated carbocycles.